The number of nitrogens with two attached hydrogens (primary N) is 1. The fraction of sp³-hybridized carbons (Fsp3) is 0.273. The normalized spacial score (nSPS) is 14.0. The summed E-state index contributed by atoms with van der Waals surface area (Å²) >= 11 is 6.49. The van der Waals surface area contributed by atoms with Crippen LogP contribution in [0.15, 0.2) is 41.7 Å². The summed E-state index contributed by atoms with van der Waals surface area (Å²) in [5.74, 6) is -0.475. The molecular weight excluding hydrogens is 418 g/mol. The summed E-state index contributed by atoms with van der Waals surface area (Å²) in [7, 11) is 0. The van der Waals surface area contributed by atoms with E-state index >= 15 is 0 Å². The van der Waals surface area contributed by atoms with E-state index in [9.17, 15) is 9.59 Å². The molecule has 160 valence electrons. The van der Waals surface area contributed by atoms with E-state index in [0.29, 0.717) is 34.7 Å². The number of halogens is 1. The maximum Gasteiger partial charge on any atom is 0.290 e. The van der Waals surface area contributed by atoms with Crippen molar-refractivity contribution < 1.29 is 14.3 Å². The van der Waals surface area contributed by atoms with Gasteiger partial charge in [-0.05, 0) is 49.1 Å². The predicted octanol–water partition coefficient (Wildman–Crippen LogP) is 4.22. The van der Waals surface area contributed by atoms with Gasteiger partial charge in [-0.3, -0.25) is 9.59 Å². The molecule has 0 radical (unpaired) electrons. The van der Waals surface area contributed by atoms with Crippen LogP contribution in [0.25, 0.3) is 11.0 Å². The van der Waals surface area contributed by atoms with Gasteiger partial charge in [0.05, 0.1) is 22.4 Å². The number of amidine groups is 1. The number of amides is 2. The maximum absolute atomic E-state index is 12.1. The second-order valence-corrected chi connectivity index (χ2v) is 7.81. The first-order chi connectivity index (χ1) is 14.9. The smallest absolute Gasteiger partial charge is 0.290 e. The van der Waals surface area contributed by atoms with Crippen molar-refractivity contribution in [2.45, 2.75) is 39.2 Å². The summed E-state index contributed by atoms with van der Waals surface area (Å²) in [5.41, 5.74) is 8.72. The van der Waals surface area contributed by atoms with Crippen molar-refractivity contribution >= 4 is 46.0 Å². The van der Waals surface area contributed by atoms with Crippen LogP contribution in [0.4, 0.5) is 5.69 Å². The van der Waals surface area contributed by atoms with Crippen molar-refractivity contribution in [2.24, 2.45) is 10.7 Å². The molecule has 0 bridgehead atoms. The van der Waals surface area contributed by atoms with Gasteiger partial charge in [0.15, 0.2) is 5.84 Å². The van der Waals surface area contributed by atoms with Gasteiger partial charge in [0.1, 0.15) is 11.5 Å². The molecular formula is C22H22ClN5O3. The number of rotatable bonds is 5. The lowest BCUT2D eigenvalue weighted by Crippen LogP contribution is -2.31. The van der Waals surface area contributed by atoms with E-state index < -0.39 is 17.6 Å². The number of carbonyl (C=O) groups is 2. The van der Waals surface area contributed by atoms with E-state index in [4.69, 9.17) is 22.1 Å². The van der Waals surface area contributed by atoms with Gasteiger partial charge >= 0.3 is 0 Å². The molecule has 0 aliphatic heterocycles. The van der Waals surface area contributed by atoms with Gasteiger partial charge in [0, 0.05) is 24.7 Å². The average molecular weight is 440 g/mol. The summed E-state index contributed by atoms with van der Waals surface area (Å²) in [5, 5.41) is 2.94. The number of benzene rings is 2. The topological polar surface area (TPSA) is 112 Å². The van der Waals surface area contributed by atoms with E-state index in [1.165, 1.54) is 6.92 Å². The van der Waals surface area contributed by atoms with Crippen LogP contribution in [0.1, 0.15) is 38.3 Å². The minimum atomic E-state index is -0.680. The third-order valence-corrected chi connectivity index (χ3v) is 5.26. The highest BCUT2D eigenvalue weighted by Crippen LogP contribution is 2.40. The van der Waals surface area contributed by atoms with Gasteiger partial charge < -0.3 is 20.4 Å². The molecule has 2 aromatic carbocycles. The average Bonchev–Trinajstić information content (AvgIpc) is 3.48. The fourth-order valence-electron chi connectivity index (χ4n) is 3.35. The highest BCUT2D eigenvalue weighted by atomic mass is 35.5. The number of nitrogens with zero attached hydrogens (tertiary/aromatic N) is 3. The Bertz CT molecular complexity index is 1210. The lowest BCUT2D eigenvalue weighted by molar-refractivity contribution is -0.116. The van der Waals surface area contributed by atoms with Crippen LogP contribution >= 0.6 is 11.6 Å². The van der Waals surface area contributed by atoms with Gasteiger partial charge in [-0.1, -0.05) is 18.5 Å². The number of nitrogens with one attached hydrogen (secondary N) is 1. The molecule has 4 rings (SSSR count). The Morgan fingerprint density at radius 3 is 2.77 bits per heavy atom. The molecule has 1 aliphatic carbocycles. The molecule has 9 heteroatoms. The van der Waals surface area contributed by atoms with Crippen LogP contribution in [0.5, 0.6) is 11.5 Å². The lowest BCUT2D eigenvalue weighted by Gasteiger charge is -2.15. The SMILES string of the molecule is CCc1cc(NC(=O)C(N)=NC(C)=O)cc(Cl)c1Oc1ccc2ncn(C3CC3)c2c1. The molecule has 3 aromatic rings. The molecule has 0 atom stereocenters. The summed E-state index contributed by atoms with van der Waals surface area (Å²) in [6.07, 6.45) is 4.82. The number of hydrogen-bond acceptors (Lipinski definition) is 4. The summed E-state index contributed by atoms with van der Waals surface area (Å²) in [6.45, 7) is 3.17. The first kappa shape index (κ1) is 20.9. The van der Waals surface area contributed by atoms with Crippen molar-refractivity contribution in [1.82, 2.24) is 9.55 Å². The number of ether oxygens (including phenoxy) is 1. The van der Waals surface area contributed by atoms with Gasteiger partial charge in [0.2, 0.25) is 5.91 Å². The molecule has 1 aromatic heterocycles. The van der Waals surface area contributed by atoms with E-state index in [1.54, 1.807) is 12.1 Å². The molecule has 3 N–H and O–H groups in total. The number of aliphatic imine (C=N–C) groups is 1. The molecule has 2 amide bonds. The molecule has 0 spiro atoms. The van der Waals surface area contributed by atoms with Crippen molar-refractivity contribution in [3.8, 4) is 11.5 Å². The Morgan fingerprint density at radius 2 is 2.10 bits per heavy atom. The summed E-state index contributed by atoms with van der Waals surface area (Å²) in [6, 6.07) is 9.59. The van der Waals surface area contributed by atoms with Crippen LogP contribution < -0.4 is 15.8 Å². The third kappa shape index (κ3) is 4.54. The van der Waals surface area contributed by atoms with Gasteiger partial charge in [-0.25, -0.2) is 4.98 Å². The third-order valence-electron chi connectivity index (χ3n) is 4.98. The number of imidazole rings is 1. The number of anilines is 1. The molecule has 1 saturated carbocycles. The standard InChI is InChI=1S/C22H22ClN5O3/c1-3-13-8-14(27-22(30)21(24)26-12(2)29)9-17(23)20(13)31-16-6-7-18-19(10-16)28(11-25-18)15-4-5-15/h6-11,15H,3-5H2,1-2H3,(H,27,30)(H2,24,26,29). The quantitative estimate of drug-likeness (QED) is 0.456. The Kier molecular flexibility index (Phi) is 5.65. The van der Waals surface area contributed by atoms with Gasteiger partial charge in [0.25, 0.3) is 5.91 Å². The number of fused-ring (bicyclic) bond motifs is 1. The van der Waals surface area contributed by atoms with Crippen molar-refractivity contribution in [2.75, 3.05) is 5.32 Å². The van der Waals surface area contributed by atoms with Crippen LogP contribution in [0, 0.1) is 0 Å². The largest absolute Gasteiger partial charge is 0.455 e. The Hall–Kier alpha value is -3.39. The molecule has 31 heavy (non-hydrogen) atoms. The first-order valence-electron chi connectivity index (χ1n) is 9.98. The van der Waals surface area contributed by atoms with Crippen LogP contribution in [-0.4, -0.2) is 27.2 Å². The number of carbonyl (C=O) groups excluding carboxylic acids is 2. The molecule has 1 heterocycles. The first-order valence-corrected chi connectivity index (χ1v) is 10.4. The van der Waals surface area contributed by atoms with Gasteiger partial charge in [-0.15, -0.1) is 0 Å². The maximum atomic E-state index is 12.1. The molecule has 0 saturated heterocycles. The Balaban J connectivity index is 1.60. The predicted molar refractivity (Wildman–Crippen MR) is 120 cm³/mol. The van der Waals surface area contributed by atoms with Crippen LogP contribution in [0.2, 0.25) is 5.02 Å². The molecule has 1 fully saturated rings. The minimum Gasteiger partial charge on any atom is -0.455 e. The van der Waals surface area contributed by atoms with Gasteiger partial charge in [-0.2, -0.15) is 4.99 Å². The van der Waals surface area contributed by atoms with E-state index in [1.807, 2.05) is 31.5 Å². The summed E-state index contributed by atoms with van der Waals surface area (Å²) < 4.78 is 8.32. The second kappa shape index (κ2) is 8.39. The van der Waals surface area contributed by atoms with E-state index in [2.05, 4.69) is 19.9 Å². The zero-order valence-corrected chi connectivity index (χ0v) is 17.9. The lowest BCUT2D eigenvalue weighted by atomic mass is 10.1. The van der Waals surface area contributed by atoms with Crippen LogP contribution in [-0.2, 0) is 16.0 Å². The second-order valence-electron chi connectivity index (χ2n) is 7.41. The number of aromatic nitrogens is 2. The summed E-state index contributed by atoms with van der Waals surface area (Å²) in [4.78, 5) is 31.0. The zero-order chi connectivity index (χ0) is 22.1. The zero-order valence-electron chi connectivity index (χ0n) is 17.2. The van der Waals surface area contributed by atoms with Crippen LogP contribution in [0.3, 0.4) is 0 Å². The van der Waals surface area contributed by atoms with Crippen molar-refractivity contribution in [3.05, 3.63) is 47.2 Å². The fourth-order valence-corrected chi connectivity index (χ4v) is 3.62. The minimum absolute atomic E-state index is 0.340. The molecule has 1 aliphatic rings. The Morgan fingerprint density at radius 1 is 1.32 bits per heavy atom. The Labute approximate surface area is 184 Å². The monoisotopic (exact) mass is 439 g/mol. The number of hydrogen-bond donors (Lipinski definition) is 2. The van der Waals surface area contributed by atoms with E-state index in [0.717, 1.165) is 29.4 Å². The van der Waals surface area contributed by atoms with Crippen molar-refractivity contribution in [1.29, 1.82) is 0 Å². The highest BCUT2D eigenvalue weighted by molar-refractivity contribution is 6.43. The van der Waals surface area contributed by atoms with Crippen molar-refractivity contribution in [3.63, 3.8) is 0 Å². The molecule has 0 unspecified atom stereocenters. The number of aryl methyl sites for hydroxylation is 1. The molecule has 8 nitrogen and oxygen atoms in total. The van der Waals surface area contributed by atoms with E-state index in [-0.39, 0.29) is 0 Å². The highest BCUT2D eigenvalue weighted by Gasteiger charge is 2.25.